The van der Waals surface area contributed by atoms with Crippen molar-refractivity contribution in [3.05, 3.63) is 34.3 Å². The lowest BCUT2D eigenvalue weighted by Crippen LogP contribution is -2.18. The van der Waals surface area contributed by atoms with Gasteiger partial charge in [0.05, 0.1) is 0 Å². The molecule has 0 spiro atoms. The van der Waals surface area contributed by atoms with Crippen LogP contribution in [0.4, 0.5) is 0 Å². The maximum absolute atomic E-state index is 6.15. The summed E-state index contributed by atoms with van der Waals surface area (Å²) in [4.78, 5) is 0. The molecule has 1 aromatic rings. The minimum atomic E-state index is 0. The second kappa shape index (κ2) is 5.01. The van der Waals surface area contributed by atoms with E-state index in [1.165, 1.54) is 11.1 Å². The van der Waals surface area contributed by atoms with Gasteiger partial charge in [0.1, 0.15) is 0 Å². The molecule has 1 atom stereocenters. The standard InChI is InChI=1S/C11H14ClN.ClH/c1-8-7-13-6-5-10-9(8)3-2-4-11(10)12;/h2-4,8,13H,5-7H2,1H3;1H. The molecular weight excluding hydrogens is 217 g/mol. The van der Waals surface area contributed by atoms with Gasteiger partial charge < -0.3 is 5.32 Å². The number of rotatable bonds is 0. The van der Waals surface area contributed by atoms with E-state index < -0.39 is 0 Å². The molecule has 0 saturated heterocycles. The summed E-state index contributed by atoms with van der Waals surface area (Å²) < 4.78 is 0. The first-order valence-corrected chi connectivity index (χ1v) is 5.15. The van der Waals surface area contributed by atoms with Crippen LogP contribution >= 0.6 is 24.0 Å². The highest BCUT2D eigenvalue weighted by atomic mass is 35.5. The number of hydrogen-bond acceptors (Lipinski definition) is 1. The van der Waals surface area contributed by atoms with Gasteiger partial charge in [-0.1, -0.05) is 30.7 Å². The third-order valence-corrected chi connectivity index (χ3v) is 3.04. The van der Waals surface area contributed by atoms with Crippen LogP contribution in [0.15, 0.2) is 18.2 Å². The van der Waals surface area contributed by atoms with Crippen molar-refractivity contribution in [2.24, 2.45) is 0 Å². The van der Waals surface area contributed by atoms with Gasteiger partial charge in [-0.2, -0.15) is 0 Å². The summed E-state index contributed by atoms with van der Waals surface area (Å²) in [5.74, 6) is 0.580. The van der Waals surface area contributed by atoms with E-state index in [-0.39, 0.29) is 12.4 Å². The third kappa shape index (κ3) is 2.22. The number of nitrogens with one attached hydrogen (secondary N) is 1. The Balaban J connectivity index is 0.000000980. The Labute approximate surface area is 96.3 Å². The fraction of sp³-hybridized carbons (Fsp3) is 0.455. The van der Waals surface area contributed by atoms with E-state index in [2.05, 4.69) is 18.3 Å². The van der Waals surface area contributed by atoms with Crippen LogP contribution in [0, 0.1) is 0 Å². The highest BCUT2D eigenvalue weighted by Crippen LogP contribution is 2.27. The zero-order chi connectivity index (χ0) is 9.26. The van der Waals surface area contributed by atoms with Crippen molar-refractivity contribution in [2.45, 2.75) is 19.3 Å². The molecule has 1 aliphatic rings. The van der Waals surface area contributed by atoms with Crippen molar-refractivity contribution in [1.29, 1.82) is 0 Å². The Bertz CT molecular complexity index is 312. The second-order valence-corrected chi connectivity index (χ2v) is 4.07. The first-order valence-electron chi connectivity index (χ1n) is 4.77. The van der Waals surface area contributed by atoms with Gasteiger partial charge in [-0.25, -0.2) is 0 Å². The van der Waals surface area contributed by atoms with Crippen LogP contribution in [0.2, 0.25) is 5.02 Å². The number of benzene rings is 1. The molecule has 0 aliphatic carbocycles. The average Bonchev–Trinajstić information content (AvgIpc) is 2.30. The van der Waals surface area contributed by atoms with E-state index in [1.807, 2.05) is 12.1 Å². The van der Waals surface area contributed by atoms with Crippen LogP contribution in [-0.2, 0) is 6.42 Å². The quantitative estimate of drug-likeness (QED) is 0.725. The highest BCUT2D eigenvalue weighted by molar-refractivity contribution is 6.31. The van der Waals surface area contributed by atoms with Gasteiger partial charge in [0.15, 0.2) is 0 Å². The van der Waals surface area contributed by atoms with Gasteiger partial charge in [0, 0.05) is 11.6 Å². The largest absolute Gasteiger partial charge is 0.316 e. The second-order valence-electron chi connectivity index (χ2n) is 3.66. The van der Waals surface area contributed by atoms with Crippen molar-refractivity contribution in [3.63, 3.8) is 0 Å². The molecule has 1 aromatic carbocycles. The van der Waals surface area contributed by atoms with Gasteiger partial charge in [-0.05, 0) is 36.1 Å². The van der Waals surface area contributed by atoms with Crippen LogP contribution in [-0.4, -0.2) is 13.1 Å². The average molecular weight is 232 g/mol. The minimum Gasteiger partial charge on any atom is -0.316 e. The maximum Gasteiger partial charge on any atom is 0.0441 e. The lowest BCUT2D eigenvalue weighted by atomic mass is 9.95. The summed E-state index contributed by atoms with van der Waals surface area (Å²) in [6.45, 7) is 4.35. The smallest absolute Gasteiger partial charge is 0.0441 e. The Hall–Kier alpha value is -0.240. The van der Waals surface area contributed by atoms with E-state index in [1.54, 1.807) is 0 Å². The summed E-state index contributed by atoms with van der Waals surface area (Å²) in [6.07, 6.45) is 1.05. The van der Waals surface area contributed by atoms with Gasteiger partial charge >= 0.3 is 0 Å². The van der Waals surface area contributed by atoms with Crippen LogP contribution in [0.25, 0.3) is 0 Å². The molecule has 2 rings (SSSR count). The summed E-state index contributed by atoms with van der Waals surface area (Å²) in [5, 5.41) is 4.34. The molecule has 0 saturated carbocycles. The van der Waals surface area contributed by atoms with E-state index in [0.717, 1.165) is 24.5 Å². The lowest BCUT2D eigenvalue weighted by molar-refractivity contribution is 0.644. The third-order valence-electron chi connectivity index (χ3n) is 2.69. The molecule has 1 heterocycles. The summed E-state index contributed by atoms with van der Waals surface area (Å²) in [7, 11) is 0. The van der Waals surface area contributed by atoms with Crippen LogP contribution < -0.4 is 5.32 Å². The van der Waals surface area contributed by atoms with Crippen molar-refractivity contribution in [3.8, 4) is 0 Å². The fourth-order valence-electron chi connectivity index (χ4n) is 1.94. The molecule has 0 aromatic heterocycles. The number of fused-ring (bicyclic) bond motifs is 1. The van der Waals surface area contributed by atoms with Crippen LogP contribution in [0.1, 0.15) is 24.0 Å². The minimum absolute atomic E-state index is 0. The zero-order valence-corrected chi connectivity index (χ0v) is 9.79. The molecule has 1 unspecified atom stereocenters. The first-order chi connectivity index (χ1) is 6.29. The van der Waals surface area contributed by atoms with E-state index in [0.29, 0.717) is 5.92 Å². The van der Waals surface area contributed by atoms with E-state index >= 15 is 0 Å². The zero-order valence-electron chi connectivity index (χ0n) is 8.22. The van der Waals surface area contributed by atoms with Crippen molar-refractivity contribution in [2.75, 3.05) is 13.1 Å². The number of halogens is 2. The Morgan fingerprint density at radius 2 is 2.21 bits per heavy atom. The summed E-state index contributed by atoms with van der Waals surface area (Å²) >= 11 is 6.15. The Morgan fingerprint density at radius 3 is 3.00 bits per heavy atom. The number of hydrogen-bond donors (Lipinski definition) is 1. The van der Waals surface area contributed by atoms with Gasteiger partial charge in [-0.3, -0.25) is 0 Å². The molecule has 0 radical (unpaired) electrons. The van der Waals surface area contributed by atoms with Gasteiger partial charge in [0.2, 0.25) is 0 Å². The van der Waals surface area contributed by atoms with E-state index in [9.17, 15) is 0 Å². The molecule has 0 fully saturated rings. The SMILES string of the molecule is CC1CNCCc2c(Cl)cccc21.Cl. The topological polar surface area (TPSA) is 12.0 Å². The predicted octanol–water partition coefficient (Wildman–Crippen LogP) is 3.01. The van der Waals surface area contributed by atoms with Crippen molar-refractivity contribution in [1.82, 2.24) is 5.32 Å². The fourth-order valence-corrected chi connectivity index (χ4v) is 2.22. The van der Waals surface area contributed by atoms with Crippen molar-refractivity contribution < 1.29 is 0 Å². The summed E-state index contributed by atoms with van der Waals surface area (Å²) in [6, 6.07) is 6.22. The molecule has 3 heteroatoms. The molecule has 1 nitrogen and oxygen atoms in total. The predicted molar refractivity (Wildman–Crippen MR) is 63.7 cm³/mol. The van der Waals surface area contributed by atoms with Crippen molar-refractivity contribution >= 4 is 24.0 Å². The Kier molecular flexibility index (Phi) is 4.24. The molecule has 1 N–H and O–H groups in total. The Morgan fingerprint density at radius 1 is 1.43 bits per heavy atom. The van der Waals surface area contributed by atoms with Crippen LogP contribution in [0.5, 0.6) is 0 Å². The molecule has 0 amide bonds. The van der Waals surface area contributed by atoms with Crippen LogP contribution in [0.3, 0.4) is 0 Å². The monoisotopic (exact) mass is 231 g/mol. The first kappa shape index (κ1) is 11.8. The van der Waals surface area contributed by atoms with Gasteiger partial charge in [-0.15, -0.1) is 12.4 Å². The molecular formula is C11H15Cl2N. The van der Waals surface area contributed by atoms with Gasteiger partial charge in [0.25, 0.3) is 0 Å². The molecule has 78 valence electrons. The van der Waals surface area contributed by atoms with E-state index in [4.69, 9.17) is 11.6 Å². The maximum atomic E-state index is 6.15. The summed E-state index contributed by atoms with van der Waals surface area (Å²) in [5.41, 5.74) is 2.75. The highest BCUT2D eigenvalue weighted by Gasteiger charge is 2.15. The lowest BCUT2D eigenvalue weighted by Gasteiger charge is -2.12. The molecule has 0 bridgehead atoms. The molecule has 1 aliphatic heterocycles. The normalized spacial score (nSPS) is 20.6. The molecule has 14 heavy (non-hydrogen) atoms.